The fourth-order valence-electron chi connectivity index (χ4n) is 3.36. The lowest BCUT2D eigenvalue weighted by Crippen LogP contribution is -2.20. The van der Waals surface area contributed by atoms with E-state index in [0.717, 1.165) is 24.4 Å². The number of para-hydroxylation sites is 1. The maximum Gasteiger partial charge on any atom is 0.0928 e. The van der Waals surface area contributed by atoms with Gasteiger partial charge >= 0.3 is 0 Å². The van der Waals surface area contributed by atoms with Crippen molar-refractivity contribution < 1.29 is 0 Å². The highest BCUT2D eigenvalue weighted by Gasteiger charge is 2.23. The second-order valence-corrected chi connectivity index (χ2v) is 6.99. The van der Waals surface area contributed by atoms with Crippen molar-refractivity contribution in [2.45, 2.75) is 19.4 Å². The van der Waals surface area contributed by atoms with Gasteiger partial charge in [-0.05, 0) is 36.6 Å². The zero-order chi connectivity index (χ0) is 14.8. The smallest absolute Gasteiger partial charge is 0.0928 e. The molecule has 1 aromatic carbocycles. The first-order chi connectivity index (χ1) is 10.9. The summed E-state index contributed by atoms with van der Waals surface area (Å²) in [6, 6.07) is 10.6. The molecule has 0 N–H and O–H groups in total. The summed E-state index contributed by atoms with van der Waals surface area (Å²) in [4.78, 5) is 11.4. The van der Waals surface area contributed by atoms with Crippen molar-refractivity contribution in [1.82, 2.24) is 14.9 Å². The summed E-state index contributed by atoms with van der Waals surface area (Å²) in [5.41, 5.74) is 2.49. The minimum Gasteiger partial charge on any atom is -0.299 e. The van der Waals surface area contributed by atoms with Crippen LogP contribution in [0.3, 0.4) is 0 Å². The molecule has 112 valence electrons. The summed E-state index contributed by atoms with van der Waals surface area (Å²) in [6.45, 7) is 3.39. The number of aromatic nitrogens is 2. The van der Waals surface area contributed by atoms with Gasteiger partial charge < -0.3 is 0 Å². The van der Waals surface area contributed by atoms with Gasteiger partial charge in [0.2, 0.25) is 0 Å². The first-order valence-corrected chi connectivity index (χ1v) is 8.70. The predicted molar refractivity (Wildman–Crippen MR) is 90.9 cm³/mol. The Balaban J connectivity index is 1.45. The van der Waals surface area contributed by atoms with Gasteiger partial charge in [0.05, 0.1) is 10.5 Å². The first kappa shape index (κ1) is 13.9. The van der Waals surface area contributed by atoms with E-state index in [4.69, 9.17) is 0 Å². The van der Waals surface area contributed by atoms with Crippen LogP contribution in [-0.4, -0.2) is 28.0 Å². The molecule has 3 heterocycles. The number of fused-ring (bicyclic) bond motifs is 1. The van der Waals surface area contributed by atoms with Gasteiger partial charge in [0.25, 0.3) is 0 Å². The summed E-state index contributed by atoms with van der Waals surface area (Å²) in [6.07, 6.45) is 6.25. The summed E-state index contributed by atoms with van der Waals surface area (Å²) in [5.74, 6) is 0.749. The average molecular weight is 309 g/mol. The Hall–Kier alpha value is -1.78. The zero-order valence-electron chi connectivity index (χ0n) is 12.5. The topological polar surface area (TPSA) is 29.0 Å². The quantitative estimate of drug-likeness (QED) is 0.735. The Morgan fingerprint density at radius 1 is 1.14 bits per heavy atom. The Morgan fingerprint density at radius 2 is 2.09 bits per heavy atom. The normalized spacial score (nSPS) is 19.0. The van der Waals surface area contributed by atoms with Crippen LogP contribution in [0.25, 0.3) is 10.9 Å². The molecular weight excluding hydrogens is 290 g/mol. The van der Waals surface area contributed by atoms with Gasteiger partial charge in [0.1, 0.15) is 0 Å². The van der Waals surface area contributed by atoms with Crippen molar-refractivity contribution in [1.29, 1.82) is 0 Å². The monoisotopic (exact) mass is 309 g/mol. The standard InChI is InChI=1S/C18H19N3S/c1-2-4-17-16(3-1)15(5-7-19-17)13-21-9-6-14(12-21)11-18-20-8-10-22-18/h1-5,7-8,10,14H,6,9,11-13H2. The summed E-state index contributed by atoms with van der Waals surface area (Å²) < 4.78 is 0. The molecule has 1 saturated heterocycles. The lowest BCUT2D eigenvalue weighted by molar-refractivity contribution is 0.317. The van der Waals surface area contributed by atoms with Crippen molar-refractivity contribution >= 4 is 22.2 Å². The molecule has 0 spiro atoms. The number of likely N-dealkylation sites (tertiary alicyclic amines) is 1. The lowest BCUT2D eigenvalue weighted by atomic mass is 10.1. The summed E-state index contributed by atoms with van der Waals surface area (Å²) in [5, 5.41) is 4.64. The first-order valence-electron chi connectivity index (χ1n) is 7.82. The lowest BCUT2D eigenvalue weighted by Gasteiger charge is -2.17. The molecule has 0 aliphatic carbocycles. The molecule has 3 nitrogen and oxygen atoms in total. The Labute approximate surface area is 134 Å². The third kappa shape index (κ3) is 2.89. The van der Waals surface area contributed by atoms with E-state index < -0.39 is 0 Å². The molecule has 1 aliphatic heterocycles. The highest BCUT2D eigenvalue weighted by atomic mass is 32.1. The van der Waals surface area contributed by atoms with Crippen molar-refractivity contribution in [2.75, 3.05) is 13.1 Å². The van der Waals surface area contributed by atoms with E-state index in [1.54, 1.807) is 11.3 Å². The Kier molecular flexibility index (Phi) is 3.87. The van der Waals surface area contributed by atoms with Crippen molar-refractivity contribution in [3.8, 4) is 0 Å². The molecule has 1 aliphatic rings. The van der Waals surface area contributed by atoms with Crippen molar-refractivity contribution in [3.63, 3.8) is 0 Å². The summed E-state index contributed by atoms with van der Waals surface area (Å²) in [7, 11) is 0. The maximum atomic E-state index is 4.46. The number of pyridine rings is 1. The maximum absolute atomic E-state index is 4.46. The highest BCUT2D eigenvalue weighted by molar-refractivity contribution is 7.09. The van der Waals surface area contributed by atoms with Crippen molar-refractivity contribution in [2.24, 2.45) is 5.92 Å². The van der Waals surface area contributed by atoms with Crippen LogP contribution in [0.2, 0.25) is 0 Å². The number of rotatable bonds is 4. The van der Waals surface area contributed by atoms with Crippen molar-refractivity contribution in [3.05, 3.63) is 58.7 Å². The van der Waals surface area contributed by atoms with Crippen LogP contribution in [0.1, 0.15) is 17.0 Å². The summed E-state index contributed by atoms with van der Waals surface area (Å²) >= 11 is 1.78. The van der Waals surface area contributed by atoms with E-state index in [1.807, 2.05) is 12.4 Å². The number of nitrogens with zero attached hydrogens (tertiary/aromatic N) is 3. The average Bonchev–Trinajstić information content (AvgIpc) is 3.20. The molecule has 0 saturated carbocycles. The molecule has 0 radical (unpaired) electrons. The SMILES string of the molecule is c1ccc2c(CN3CCC(Cc4nccs4)C3)ccnc2c1. The van der Waals surface area contributed by atoms with Crippen LogP contribution < -0.4 is 0 Å². The highest BCUT2D eigenvalue weighted by Crippen LogP contribution is 2.25. The van der Waals surface area contributed by atoms with Crippen LogP contribution in [0.5, 0.6) is 0 Å². The van der Waals surface area contributed by atoms with Gasteiger partial charge in [0, 0.05) is 42.7 Å². The fourth-order valence-corrected chi connectivity index (χ4v) is 4.09. The van der Waals surface area contributed by atoms with Gasteiger partial charge in [-0.25, -0.2) is 4.98 Å². The molecule has 1 atom stereocenters. The molecular formula is C18H19N3S. The minimum atomic E-state index is 0.749. The third-order valence-electron chi connectivity index (χ3n) is 4.45. The fraction of sp³-hybridized carbons (Fsp3) is 0.333. The van der Waals surface area contributed by atoms with Gasteiger partial charge in [-0.1, -0.05) is 18.2 Å². The van der Waals surface area contributed by atoms with Gasteiger partial charge in [-0.3, -0.25) is 9.88 Å². The largest absolute Gasteiger partial charge is 0.299 e. The van der Waals surface area contributed by atoms with Crippen LogP contribution in [0.4, 0.5) is 0 Å². The van der Waals surface area contributed by atoms with Gasteiger partial charge in [-0.15, -0.1) is 11.3 Å². The molecule has 2 aromatic heterocycles. The second kappa shape index (κ2) is 6.15. The van der Waals surface area contributed by atoms with E-state index in [0.29, 0.717) is 0 Å². The van der Waals surface area contributed by atoms with Gasteiger partial charge in [-0.2, -0.15) is 0 Å². The molecule has 1 unspecified atom stereocenters. The van der Waals surface area contributed by atoms with E-state index in [1.165, 1.54) is 35.5 Å². The number of hydrogen-bond donors (Lipinski definition) is 0. The molecule has 3 aromatic rings. The van der Waals surface area contributed by atoms with Gasteiger partial charge in [0.15, 0.2) is 0 Å². The predicted octanol–water partition coefficient (Wildman–Crippen LogP) is 3.76. The molecule has 4 heteroatoms. The molecule has 22 heavy (non-hydrogen) atoms. The minimum absolute atomic E-state index is 0.749. The molecule has 0 bridgehead atoms. The zero-order valence-corrected chi connectivity index (χ0v) is 13.3. The Morgan fingerprint density at radius 3 is 3.00 bits per heavy atom. The van der Waals surface area contributed by atoms with E-state index >= 15 is 0 Å². The number of benzene rings is 1. The Bertz CT molecular complexity index is 749. The van der Waals surface area contributed by atoms with Crippen LogP contribution in [0.15, 0.2) is 48.1 Å². The molecule has 0 amide bonds. The van der Waals surface area contributed by atoms with E-state index in [2.05, 4.69) is 50.6 Å². The third-order valence-corrected chi connectivity index (χ3v) is 5.25. The number of thiazole rings is 1. The van der Waals surface area contributed by atoms with Crippen LogP contribution in [0, 0.1) is 5.92 Å². The van der Waals surface area contributed by atoms with E-state index in [9.17, 15) is 0 Å². The van der Waals surface area contributed by atoms with Crippen LogP contribution in [-0.2, 0) is 13.0 Å². The molecule has 1 fully saturated rings. The van der Waals surface area contributed by atoms with E-state index in [-0.39, 0.29) is 0 Å². The van der Waals surface area contributed by atoms with Crippen LogP contribution >= 0.6 is 11.3 Å². The second-order valence-electron chi connectivity index (χ2n) is 6.01. The molecule has 4 rings (SSSR count). The number of hydrogen-bond acceptors (Lipinski definition) is 4.